The third-order valence-electron chi connectivity index (χ3n) is 7.76. The van der Waals surface area contributed by atoms with E-state index in [4.69, 9.17) is 14.6 Å². The molecule has 0 fully saturated rings. The number of unbranched alkanes of at least 4 members (excludes halogenated alkanes) is 1. The Bertz CT molecular complexity index is 1570. The number of alkyl carbamates (subject to hydrolysis) is 1. The molecule has 206 valence electrons. The maximum absolute atomic E-state index is 13.3. The molecule has 0 saturated heterocycles. The van der Waals surface area contributed by atoms with E-state index in [1.165, 1.54) is 22.3 Å². The predicted molar refractivity (Wildman–Crippen MR) is 159 cm³/mol. The smallest absolute Gasteiger partial charge is 0.411 e. The Balaban J connectivity index is 1.19. The van der Waals surface area contributed by atoms with Crippen molar-refractivity contribution in [1.29, 1.82) is 0 Å². The van der Waals surface area contributed by atoms with Gasteiger partial charge in [0, 0.05) is 23.8 Å². The normalized spacial score (nSPS) is 16.6. The molecule has 3 aromatic rings. The van der Waals surface area contributed by atoms with Crippen LogP contribution in [0.25, 0.3) is 22.9 Å². The third kappa shape index (κ3) is 5.59. The molecule has 0 spiro atoms. The Morgan fingerprint density at radius 2 is 1.49 bits per heavy atom. The van der Waals surface area contributed by atoms with E-state index in [0.29, 0.717) is 25.1 Å². The number of carboxylic acids is 1. The number of amides is 1. The molecular formula is C35H31NO5. The van der Waals surface area contributed by atoms with Gasteiger partial charge in [-0.3, -0.25) is 10.1 Å². The molecular weight excluding hydrogens is 514 g/mol. The quantitative estimate of drug-likeness (QED) is 0.276. The highest BCUT2D eigenvalue weighted by Crippen LogP contribution is 2.44. The number of carbonyl (C=O) groups excluding carboxylic acids is 1. The van der Waals surface area contributed by atoms with Crippen molar-refractivity contribution in [3.05, 3.63) is 131 Å². The maximum atomic E-state index is 13.3. The number of rotatable bonds is 9. The number of fused-ring (bicyclic) bond motifs is 5. The fourth-order valence-corrected chi connectivity index (χ4v) is 5.79. The number of carbonyl (C=O) groups is 2. The molecule has 1 amide bonds. The van der Waals surface area contributed by atoms with E-state index in [9.17, 15) is 9.59 Å². The summed E-state index contributed by atoms with van der Waals surface area (Å²) >= 11 is 0. The first-order valence-electron chi connectivity index (χ1n) is 14.0. The minimum Gasteiger partial charge on any atom is -0.494 e. The Kier molecular flexibility index (Phi) is 7.54. The molecule has 0 saturated carbocycles. The molecule has 1 unspecified atom stereocenters. The molecule has 6 nitrogen and oxygen atoms in total. The van der Waals surface area contributed by atoms with Gasteiger partial charge in [-0.05, 0) is 58.4 Å². The highest BCUT2D eigenvalue weighted by molar-refractivity contribution is 5.89. The van der Waals surface area contributed by atoms with Crippen LogP contribution >= 0.6 is 0 Å². The number of nitrogens with one attached hydrogen (secondary N) is 1. The number of ether oxygens (including phenoxy) is 2. The average molecular weight is 546 g/mol. The second-order valence-electron chi connectivity index (χ2n) is 10.4. The van der Waals surface area contributed by atoms with E-state index in [-0.39, 0.29) is 24.9 Å². The van der Waals surface area contributed by atoms with Crippen molar-refractivity contribution in [1.82, 2.24) is 5.32 Å². The van der Waals surface area contributed by atoms with Crippen molar-refractivity contribution in [2.75, 3.05) is 13.2 Å². The lowest BCUT2D eigenvalue weighted by Crippen LogP contribution is -2.27. The van der Waals surface area contributed by atoms with E-state index in [1.807, 2.05) is 66.8 Å². The third-order valence-corrected chi connectivity index (χ3v) is 7.76. The topological polar surface area (TPSA) is 84.9 Å². The van der Waals surface area contributed by atoms with Gasteiger partial charge in [-0.25, -0.2) is 4.79 Å². The zero-order chi connectivity index (χ0) is 28.2. The summed E-state index contributed by atoms with van der Waals surface area (Å²) in [5.74, 6) is -0.194. The molecule has 0 radical (unpaired) electrons. The van der Waals surface area contributed by atoms with Gasteiger partial charge in [0.25, 0.3) is 0 Å². The van der Waals surface area contributed by atoms with Crippen LogP contribution in [0.1, 0.15) is 47.4 Å². The molecule has 3 aliphatic rings. The predicted octanol–water partition coefficient (Wildman–Crippen LogP) is 7.30. The van der Waals surface area contributed by atoms with Crippen molar-refractivity contribution in [2.24, 2.45) is 5.92 Å². The van der Waals surface area contributed by atoms with E-state index >= 15 is 0 Å². The molecule has 0 aliphatic heterocycles. The lowest BCUT2D eigenvalue weighted by molar-refractivity contribution is -0.137. The largest absolute Gasteiger partial charge is 0.494 e. The molecule has 3 aliphatic carbocycles. The van der Waals surface area contributed by atoms with Crippen molar-refractivity contribution in [3.63, 3.8) is 0 Å². The van der Waals surface area contributed by atoms with Crippen LogP contribution in [0.15, 0.2) is 108 Å². The van der Waals surface area contributed by atoms with Gasteiger partial charge in [-0.15, -0.1) is 0 Å². The number of carboxylic acid groups (broad SMARTS) is 1. The number of aliphatic carboxylic acids is 1. The summed E-state index contributed by atoms with van der Waals surface area (Å²) in [5.41, 5.74) is 8.29. The van der Waals surface area contributed by atoms with Gasteiger partial charge in [0.1, 0.15) is 12.4 Å². The summed E-state index contributed by atoms with van der Waals surface area (Å²) in [6.45, 7) is 0.686. The number of benzene rings is 3. The van der Waals surface area contributed by atoms with Gasteiger partial charge in [-0.2, -0.15) is 0 Å². The number of hydrogen-bond donors (Lipinski definition) is 2. The van der Waals surface area contributed by atoms with Crippen LogP contribution in [0.4, 0.5) is 4.79 Å². The first kappa shape index (κ1) is 26.4. The van der Waals surface area contributed by atoms with Crippen molar-refractivity contribution in [3.8, 4) is 11.1 Å². The Hall–Kier alpha value is -4.84. The SMILES string of the molecule is O=C(O)CCCCOC1=CC2C=Cc3ccccc3C(NC(=O)OCC3c4ccccc4-c4ccccc43)=C2C=C1. The molecule has 0 bridgehead atoms. The number of allylic oxidation sites excluding steroid dienone is 5. The highest BCUT2D eigenvalue weighted by Gasteiger charge is 2.30. The van der Waals surface area contributed by atoms with Crippen molar-refractivity contribution in [2.45, 2.75) is 25.2 Å². The zero-order valence-electron chi connectivity index (χ0n) is 22.6. The molecule has 0 aromatic heterocycles. The van der Waals surface area contributed by atoms with Gasteiger partial charge >= 0.3 is 12.1 Å². The standard InChI is InChI=1S/C35H31NO5/c37-33(38)15-7-8-20-40-25-18-19-27-24(21-25)17-16-23-9-1-2-10-26(23)34(27)36-35(39)41-22-32-30-13-5-3-11-28(30)29-12-4-6-14-31(29)32/h1-6,9-14,16-19,21,24,32H,7-8,15,20,22H2,(H,36,39)(H,37,38). The summed E-state index contributed by atoms with van der Waals surface area (Å²) < 4.78 is 11.8. The minimum absolute atomic E-state index is 0.0191. The molecule has 41 heavy (non-hydrogen) atoms. The van der Waals surface area contributed by atoms with Gasteiger partial charge < -0.3 is 14.6 Å². The van der Waals surface area contributed by atoms with Gasteiger partial charge in [0.2, 0.25) is 0 Å². The van der Waals surface area contributed by atoms with E-state index in [1.54, 1.807) is 0 Å². The average Bonchev–Trinajstić information content (AvgIpc) is 3.22. The lowest BCUT2D eigenvalue weighted by atomic mass is 9.91. The summed E-state index contributed by atoms with van der Waals surface area (Å²) in [6.07, 6.45) is 10.9. The van der Waals surface area contributed by atoms with E-state index in [0.717, 1.165) is 22.5 Å². The first-order chi connectivity index (χ1) is 20.1. The fourth-order valence-electron chi connectivity index (χ4n) is 5.79. The summed E-state index contributed by atoms with van der Waals surface area (Å²) in [6, 6.07) is 24.5. The van der Waals surface area contributed by atoms with Crippen LogP contribution < -0.4 is 5.32 Å². The van der Waals surface area contributed by atoms with Gasteiger partial charge in [0.15, 0.2) is 0 Å². The van der Waals surface area contributed by atoms with Crippen LogP contribution in [-0.2, 0) is 14.3 Å². The first-order valence-corrected chi connectivity index (χ1v) is 14.0. The van der Waals surface area contributed by atoms with Crippen LogP contribution in [0.3, 0.4) is 0 Å². The van der Waals surface area contributed by atoms with Crippen molar-refractivity contribution < 1.29 is 24.2 Å². The molecule has 6 heteroatoms. The molecule has 3 aromatic carbocycles. The fraction of sp³-hybridized carbons (Fsp3) is 0.200. The van der Waals surface area contributed by atoms with Gasteiger partial charge in [-0.1, -0.05) is 91.0 Å². The Morgan fingerprint density at radius 1 is 0.805 bits per heavy atom. The molecule has 6 rings (SSSR count). The van der Waals surface area contributed by atoms with E-state index in [2.05, 4.69) is 41.7 Å². The molecule has 1 atom stereocenters. The summed E-state index contributed by atoms with van der Waals surface area (Å²) in [5, 5.41) is 11.9. The second kappa shape index (κ2) is 11.7. The van der Waals surface area contributed by atoms with Crippen molar-refractivity contribution >= 4 is 23.8 Å². The summed E-state index contributed by atoms with van der Waals surface area (Å²) in [4.78, 5) is 24.1. The second-order valence-corrected chi connectivity index (χ2v) is 10.4. The summed E-state index contributed by atoms with van der Waals surface area (Å²) in [7, 11) is 0. The zero-order valence-corrected chi connectivity index (χ0v) is 22.6. The van der Waals surface area contributed by atoms with Crippen LogP contribution in [0.2, 0.25) is 0 Å². The van der Waals surface area contributed by atoms with E-state index < -0.39 is 12.1 Å². The van der Waals surface area contributed by atoms with Crippen LogP contribution in [0, 0.1) is 5.92 Å². The maximum Gasteiger partial charge on any atom is 0.411 e. The van der Waals surface area contributed by atoms with Crippen LogP contribution in [0.5, 0.6) is 0 Å². The Morgan fingerprint density at radius 3 is 2.22 bits per heavy atom. The monoisotopic (exact) mass is 545 g/mol. The highest BCUT2D eigenvalue weighted by atomic mass is 16.5. The minimum atomic E-state index is -0.795. The lowest BCUT2D eigenvalue weighted by Gasteiger charge is -2.22. The Labute approximate surface area is 239 Å². The number of hydrogen-bond acceptors (Lipinski definition) is 4. The molecule has 0 heterocycles. The molecule has 2 N–H and O–H groups in total. The van der Waals surface area contributed by atoms with Gasteiger partial charge in [0.05, 0.1) is 12.3 Å². The van der Waals surface area contributed by atoms with Crippen LogP contribution in [-0.4, -0.2) is 30.4 Å².